The largest absolute Gasteiger partial charge is 0.350 e. The minimum atomic E-state index is -3.68. The summed E-state index contributed by atoms with van der Waals surface area (Å²) in [6.07, 6.45) is 5.01. The summed E-state index contributed by atoms with van der Waals surface area (Å²) < 4.78 is 43.1. The van der Waals surface area contributed by atoms with Crippen LogP contribution in [0.3, 0.4) is 0 Å². The zero-order chi connectivity index (χ0) is 20.6. The average Bonchev–Trinajstić information content (AvgIpc) is 2.87. The van der Waals surface area contributed by atoms with Crippen LogP contribution in [0.25, 0.3) is 5.65 Å². The van der Waals surface area contributed by atoms with Crippen LogP contribution in [0.4, 0.5) is 4.39 Å². The number of nitrogens with zero attached hydrogens (tertiary/aromatic N) is 4. The van der Waals surface area contributed by atoms with Gasteiger partial charge in [-0.05, 0) is 42.7 Å². The first-order chi connectivity index (χ1) is 13.9. The van der Waals surface area contributed by atoms with Gasteiger partial charge in [-0.15, -0.1) is 5.10 Å². The first-order valence-corrected chi connectivity index (χ1v) is 11.2. The van der Waals surface area contributed by atoms with Crippen LogP contribution in [-0.2, 0) is 16.6 Å². The fourth-order valence-corrected chi connectivity index (χ4v) is 5.24. The van der Waals surface area contributed by atoms with E-state index < -0.39 is 21.5 Å². The predicted octanol–water partition coefficient (Wildman–Crippen LogP) is 2.90. The summed E-state index contributed by atoms with van der Waals surface area (Å²) in [6.45, 7) is 1.02. The number of sulfonamides is 1. The molecule has 10 heteroatoms. The Morgan fingerprint density at radius 1 is 1.07 bits per heavy atom. The van der Waals surface area contributed by atoms with E-state index in [2.05, 4.69) is 5.10 Å². The van der Waals surface area contributed by atoms with Crippen LogP contribution in [0.2, 0.25) is 5.02 Å². The van der Waals surface area contributed by atoms with Gasteiger partial charge in [0.25, 0.3) is 0 Å². The molecule has 4 rings (SSSR count). The third-order valence-corrected chi connectivity index (χ3v) is 7.32. The van der Waals surface area contributed by atoms with Gasteiger partial charge in [0.2, 0.25) is 10.0 Å². The molecular formula is C19H20ClFN4O3S. The average molecular weight is 439 g/mol. The number of hydrogen-bond donors (Lipinski definition) is 0. The molecule has 154 valence electrons. The van der Waals surface area contributed by atoms with Crippen molar-refractivity contribution in [1.29, 1.82) is 0 Å². The zero-order valence-electron chi connectivity index (χ0n) is 15.6. The summed E-state index contributed by atoms with van der Waals surface area (Å²) in [4.78, 5) is 12.8. The van der Waals surface area contributed by atoms with Crippen LogP contribution in [0.5, 0.6) is 0 Å². The molecule has 3 aromatic rings. The molecule has 1 aliphatic heterocycles. The van der Waals surface area contributed by atoms with Gasteiger partial charge in [-0.3, -0.25) is 0 Å². The number of hydrogen-bond acceptors (Lipinski definition) is 4. The molecule has 0 spiro atoms. The highest BCUT2D eigenvalue weighted by molar-refractivity contribution is 7.89. The first kappa shape index (κ1) is 20.1. The topological polar surface area (TPSA) is 76.7 Å². The molecule has 0 amide bonds. The standard InChI is InChI=1S/C19H20ClFN4O3S/c20-17-11-15(21)6-5-14(17)12-25-19(26)24-13-16(7-8-18(24)22-25)29(27,28)23-9-3-1-2-4-10-23/h5-8,11,13H,1-4,9-10,12H2. The maximum atomic E-state index is 13.2. The second-order valence-corrected chi connectivity index (χ2v) is 9.43. The van der Waals surface area contributed by atoms with Gasteiger partial charge in [-0.1, -0.05) is 30.5 Å². The van der Waals surface area contributed by atoms with Crippen molar-refractivity contribution in [2.45, 2.75) is 37.1 Å². The Labute approximate surface area is 172 Å². The molecule has 7 nitrogen and oxygen atoms in total. The smallest absolute Gasteiger partial charge is 0.249 e. The van der Waals surface area contributed by atoms with Gasteiger partial charge < -0.3 is 0 Å². The van der Waals surface area contributed by atoms with Crippen LogP contribution < -0.4 is 5.69 Å². The van der Waals surface area contributed by atoms with Crippen LogP contribution in [0, 0.1) is 5.82 Å². The molecule has 2 aromatic heterocycles. The van der Waals surface area contributed by atoms with Crippen molar-refractivity contribution in [2.24, 2.45) is 0 Å². The van der Waals surface area contributed by atoms with E-state index in [1.54, 1.807) is 0 Å². The van der Waals surface area contributed by atoms with E-state index in [-0.39, 0.29) is 16.5 Å². The predicted molar refractivity (Wildman–Crippen MR) is 107 cm³/mol. The lowest BCUT2D eigenvalue weighted by Crippen LogP contribution is -2.32. The van der Waals surface area contributed by atoms with Gasteiger partial charge in [0.05, 0.1) is 11.4 Å². The van der Waals surface area contributed by atoms with Crippen LogP contribution in [-0.4, -0.2) is 40.0 Å². The normalized spacial score (nSPS) is 16.2. The molecule has 0 N–H and O–H groups in total. The number of halogens is 2. The van der Waals surface area contributed by atoms with Crippen LogP contribution in [0.1, 0.15) is 31.2 Å². The summed E-state index contributed by atoms with van der Waals surface area (Å²) in [7, 11) is -3.68. The summed E-state index contributed by atoms with van der Waals surface area (Å²) in [5, 5.41) is 4.42. The third-order valence-electron chi connectivity index (χ3n) is 5.09. The minimum absolute atomic E-state index is 0.0494. The molecule has 1 fully saturated rings. The molecule has 1 aromatic carbocycles. The molecule has 0 aliphatic carbocycles. The molecule has 3 heterocycles. The highest BCUT2D eigenvalue weighted by atomic mass is 35.5. The Kier molecular flexibility index (Phi) is 5.46. The zero-order valence-corrected chi connectivity index (χ0v) is 17.2. The van der Waals surface area contributed by atoms with E-state index in [4.69, 9.17) is 11.6 Å². The van der Waals surface area contributed by atoms with E-state index in [0.717, 1.165) is 25.7 Å². The Hall–Kier alpha value is -2.23. The fourth-order valence-electron chi connectivity index (χ4n) is 3.50. The second-order valence-electron chi connectivity index (χ2n) is 7.09. The Bertz CT molecular complexity index is 1210. The molecular weight excluding hydrogens is 419 g/mol. The third kappa shape index (κ3) is 3.94. The van der Waals surface area contributed by atoms with Gasteiger partial charge >= 0.3 is 5.69 Å². The lowest BCUT2D eigenvalue weighted by atomic mass is 10.2. The number of rotatable bonds is 4. The fraction of sp³-hybridized carbons (Fsp3) is 0.368. The van der Waals surface area contributed by atoms with Crippen LogP contribution >= 0.6 is 11.6 Å². The SMILES string of the molecule is O=c1n(Cc2ccc(F)cc2Cl)nc2ccc(S(=O)(=O)N3CCCCCC3)cn12. The second kappa shape index (κ2) is 7.89. The van der Waals surface area contributed by atoms with E-state index in [1.807, 2.05) is 0 Å². The Morgan fingerprint density at radius 3 is 2.48 bits per heavy atom. The summed E-state index contributed by atoms with van der Waals surface area (Å²) >= 11 is 6.04. The highest BCUT2D eigenvalue weighted by Gasteiger charge is 2.26. The van der Waals surface area contributed by atoms with Gasteiger partial charge in [-0.25, -0.2) is 26.7 Å². The van der Waals surface area contributed by atoms with Crippen LogP contribution in [0.15, 0.2) is 46.2 Å². The Morgan fingerprint density at radius 2 is 1.79 bits per heavy atom. The van der Waals surface area contributed by atoms with Crippen molar-refractivity contribution in [3.63, 3.8) is 0 Å². The van der Waals surface area contributed by atoms with Gasteiger partial charge in [0, 0.05) is 24.3 Å². The van der Waals surface area contributed by atoms with Gasteiger partial charge in [0.15, 0.2) is 5.65 Å². The number of fused-ring (bicyclic) bond motifs is 1. The maximum Gasteiger partial charge on any atom is 0.350 e. The van der Waals surface area contributed by atoms with E-state index in [9.17, 15) is 17.6 Å². The molecule has 1 aliphatic rings. The van der Waals surface area contributed by atoms with E-state index >= 15 is 0 Å². The number of pyridine rings is 1. The Balaban J connectivity index is 1.69. The molecule has 1 saturated heterocycles. The molecule has 29 heavy (non-hydrogen) atoms. The summed E-state index contributed by atoms with van der Waals surface area (Å²) in [5.41, 5.74) is 0.368. The highest BCUT2D eigenvalue weighted by Crippen LogP contribution is 2.21. The molecule has 0 bridgehead atoms. The van der Waals surface area contributed by atoms with Crippen molar-refractivity contribution in [3.05, 3.63) is 63.4 Å². The molecule has 0 saturated carbocycles. The quantitative estimate of drug-likeness (QED) is 0.627. The van der Waals surface area contributed by atoms with Crippen molar-refractivity contribution in [2.75, 3.05) is 13.1 Å². The molecule has 0 unspecified atom stereocenters. The summed E-state index contributed by atoms with van der Waals surface area (Å²) in [5.74, 6) is -0.468. The lowest BCUT2D eigenvalue weighted by Gasteiger charge is -2.19. The van der Waals surface area contributed by atoms with Crippen molar-refractivity contribution in [3.8, 4) is 0 Å². The lowest BCUT2D eigenvalue weighted by molar-refractivity contribution is 0.423. The van der Waals surface area contributed by atoms with Gasteiger partial charge in [-0.2, -0.15) is 4.31 Å². The van der Waals surface area contributed by atoms with Crippen molar-refractivity contribution < 1.29 is 12.8 Å². The first-order valence-electron chi connectivity index (χ1n) is 9.39. The number of benzene rings is 1. The van der Waals surface area contributed by atoms with E-state index in [1.165, 1.54) is 49.9 Å². The monoisotopic (exact) mass is 438 g/mol. The molecule has 0 atom stereocenters. The summed E-state index contributed by atoms with van der Waals surface area (Å²) in [6, 6.07) is 6.90. The van der Waals surface area contributed by atoms with Crippen molar-refractivity contribution in [1.82, 2.24) is 18.5 Å². The van der Waals surface area contributed by atoms with Crippen molar-refractivity contribution >= 4 is 27.3 Å². The van der Waals surface area contributed by atoms with Gasteiger partial charge in [0.1, 0.15) is 5.82 Å². The van der Waals surface area contributed by atoms with E-state index in [0.29, 0.717) is 24.3 Å². The maximum absolute atomic E-state index is 13.2. The number of aromatic nitrogens is 3. The molecule has 0 radical (unpaired) electrons. The minimum Gasteiger partial charge on any atom is -0.249 e.